The summed E-state index contributed by atoms with van der Waals surface area (Å²) in [6.45, 7) is 3.98. The first-order valence-corrected chi connectivity index (χ1v) is 6.17. The van der Waals surface area contributed by atoms with E-state index in [1.54, 1.807) is 0 Å². The molecule has 1 aromatic carbocycles. The van der Waals surface area contributed by atoms with E-state index in [9.17, 15) is 0 Å². The fourth-order valence-electron chi connectivity index (χ4n) is 1.86. The minimum Gasteiger partial charge on any atom is -0.492 e. The average Bonchev–Trinajstić information content (AvgIpc) is 2.69. The zero-order valence-electron chi connectivity index (χ0n) is 8.92. The van der Waals surface area contributed by atoms with Crippen molar-refractivity contribution in [3.63, 3.8) is 0 Å². The van der Waals surface area contributed by atoms with Crippen molar-refractivity contribution in [2.45, 2.75) is 25.8 Å². The summed E-state index contributed by atoms with van der Waals surface area (Å²) in [5.74, 6) is 0.993. The van der Waals surface area contributed by atoms with E-state index in [0.29, 0.717) is 6.04 Å². The molecule has 1 heterocycles. The third-order valence-electron chi connectivity index (χ3n) is 2.74. The van der Waals surface area contributed by atoms with Crippen molar-refractivity contribution in [1.29, 1.82) is 0 Å². The molecule has 1 atom stereocenters. The Kier molecular flexibility index (Phi) is 3.65. The molecule has 2 nitrogen and oxygen atoms in total. The van der Waals surface area contributed by atoms with Crippen molar-refractivity contribution in [2.24, 2.45) is 0 Å². The van der Waals surface area contributed by atoms with Crippen LogP contribution in [0.25, 0.3) is 0 Å². The molecule has 1 aliphatic rings. The fraction of sp³-hybridized carbons (Fsp3) is 0.500. The molecule has 82 valence electrons. The predicted octanol–water partition coefficient (Wildman–Crippen LogP) is 2.89. The van der Waals surface area contributed by atoms with Gasteiger partial charge in [-0.05, 0) is 50.1 Å². The lowest BCUT2D eigenvalue weighted by atomic mass is 10.2. The van der Waals surface area contributed by atoms with Crippen molar-refractivity contribution in [3.05, 3.63) is 28.2 Å². The number of aryl methyl sites for hydroxylation is 1. The van der Waals surface area contributed by atoms with Gasteiger partial charge in [-0.15, -0.1) is 0 Å². The van der Waals surface area contributed by atoms with Crippen LogP contribution in [0.2, 0.25) is 0 Å². The molecule has 0 aromatic heterocycles. The molecular formula is C12H16BrNO. The number of rotatable bonds is 3. The van der Waals surface area contributed by atoms with E-state index in [4.69, 9.17) is 4.74 Å². The summed E-state index contributed by atoms with van der Waals surface area (Å²) in [4.78, 5) is 0. The Morgan fingerprint density at radius 2 is 2.40 bits per heavy atom. The van der Waals surface area contributed by atoms with Crippen molar-refractivity contribution < 1.29 is 4.74 Å². The third kappa shape index (κ3) is 2.95. The van der Waals surface area contributed by atoms with Gasteiger partial charge in [0.25, 0.3) is 0 Å². The van der Waals surface area contributed by atoms with Gasteiger partial charge in [-0.3, -0.25) is 0 Å². The minimum atomic E-state index is 0.535. The van der Waals surface area contributed by atoms with E-state index < -0.39 is 0 Å². The molecular weight excluding hydrogens is 254 g/mol. The largest absolute Gasteiger partial charge is 0.492 e. The molecule has 3 heteroatoms. The maximum Gasteiger partial charge on any atom is 0.122 e. The number of nitrogens with one attached hydrogen (secondary N) is 1. The first-order valence-electron chi connectivity index (χ1n) is 5.38. The van der Waals surface area contributed by atoms with Gasteiger partial charge in [0.2, 0.25) is 0 Å². The van der Waals surface area contributed by atoms with Gasteiger partial charge in [-0.2, -0.15) is 0 Å². The second-order valence-electron chi connectivity index (χ2n) is 4.01. The van der Waals surface area contributed by atoms with Gasteiger partial charge < -0.3 is 10.1 Å². The van der Waals surface area contributed by atoms with Crippen LogP contribution >= 0.6 is 15.9 Å². The average molecular weight is 270 g/mol. The van der Waals surface area contributed by atoms with Crippen LogP contribution in [0.4, 0.5) is 0 Å². The molecule has 2 rings (SSSR count). The first-order chi connectivity index (χ1) is 7.25. The normalized spacial score (nSPS) is 20.5. The molecule has 0 bridgehead atoms. The smallest absolute Gasteiger partial charge is 0.122 e. The second kappa shape index (κ2) is 4.99. The van der Waals surface area contributed by atoms with Gasteiger partial charge in [0.1, 0.15) is 12.4 Å². The number of hydrogen-bond donors (Lipinski definition) is 1. The number of benzene rings is 1. The number of hydrogen-bond acceptors (Lipinski definition) is 2. The summed E-state index contributed by atoms with van der Waals surface area (Å²) in [5.41, 5.74) is 1.18. The molecule has 1 unspecified atom stereocenters. The van der Waals surface area contributed by atoms with Gasteiger partial charge in [-0.25, -0.2) is 0 Å². The zero-order chi connectivity index (χ0) is 10.7. The van der Waals surface area contributed by atoms with Gasteiger partial charge in [0.05, 0.1) is 0 Å². The highest BCUT2D eigenvalue weighted by Crippen LogP contribution is 2.22. The van der Waals surface area contributed by atoms with E-state index in [2.05, 4.69) is 34.2 Å². The van der Waals surface area contributed by atoms with Crippen LogP contribution in [0.3, 0.4) is 0 Å². The van der Waals surface area contributed by atoms with Gasteiger partial charge in [-0.1, -0.05) is 15.9 Å². The highest BCUT2D eigenvalue weighted by atomic mass is 79.9. The first kappa shape index (κ1) is 11.0. The SMILES string of the molecule is Cc1cc(Br)ccc1OCC1CCCN1. The molecule has 1 aromatic rings. The van der Waals surface area contributed by atoms with E-state index in [1.807, 2.05) is 12.1 Å². The number of ether oxygens (including phenoxy) is 1. The fourth-order valence-corrected chi connectivity index (χ4v) is 2.34. The Morgan fingerprint density at radius 1 is 1.53 bits per heavy atom. The zero-order valence-corrected chi connectivity index (χ0v) is 10.5. The lowest BCUT2D eigenvalue weighted by Gasteiger charge is -2.13. The van der Waals surface area contributed by atoms with Crippen molar-refractivity contribution in [2.75, 3.05) is 13.2 Å². The van der Waals surface area contributed by atoms with Crippen LogP contribution in [0.5, 0.6) is 5.75 Å². The van der Waals surface area contributed by atoms with Crippen LogP contribution < -0.4 is 10.1 Å². The molecule has 1 saturated heterocycles. The van der Waals surface area contributed by atoms with Crippen molar-refractivity contribution >= 4 is 15.9 Å². The Bertz CT molecular complexity index is 334. The number of halogens is 1. The maximum atomic E-state index is 5.79. The Hall–Kier alpha value is -0.540. The Balaban J connectivity index is 1.92. The van der Waals surface area contributed by atoms with Crippen molar-refractivity contribution in [1.82, 2.24) is 5.32 Å². The van der Waals surface area contributed by atoms with Crippen LogP contribution in [0.15, 0.2) is 22.7 Å². The topological polar surface area (TPSA) is 21.3 Å². The Morgan fingerprint density at radius 3 is 3.07 bits per heavy atom. The summed E-state index contributed by atoms with van der Waals surface area (Å²) in [6, 6.07) is 6.66. The highest BCUT2D eigenvalue weighted by molar-refractivity contribution is 9.10. The summed E-state index contributed by atoms with van der Waals surface area (Å²) in [6.07, 6.45) is 2.50. The van der Waals surface area contributed by atoms with Crippen LogP contribution in [-0.2, 0) is 0 Å². The molecule has 1 N–H and O–H groups in total. The van der Waals surface area contributed by atoms with E-state index in [0.717, 1.165) is 23.4 Å². The second-order valence-corrected chi connectivity index (χ2v) is 4.93. The summed E-state index contributed by atoms with van der Waals surface area (Å²) in [7, 11) is 0. The maximum absolute atomic E-state index is 5.79. The van der Waals surface area contributed by atoms with Crippen LogP contribution in [0.1, 0.15) is 18.4 Å². The van der Waals surface area contributed by atoms with Crippen LogP contribution in [-0.4, -0.2) is 19.2 Å². The molecule has 0 aliphatic carbocycles. The van der Waals surface area contributed by atoms with Gasteiger partial charge in [0.15, 0.2) is 0 Å². The third-order valence-corrected chi connectivity index (χ3v) is 3.23. The molecule has 0 amide bonds. The van der Waals surface area contributed by atoms with Gasteiger partial charge >= 0.3 is 0 Å². The molecule has 0 saturated carbocycles. The van der Waals surface area contributed by atoms with Gasteiger partial charge in [0, 0.05) is 10.5 Å². The summed E-state index contributed by atoms with van der Waals surface area (Å²) < 4.78 is 6.90. The standard InChI is InChI=1S/C12H16BrNO/c1-9-7-10(13)4-5-12(9)15-8-11-3-2-6-14-11/h4-5,7,11,14H,2-3,6,8H2,1H3. The quantitative estimate of drug-likeness (QED) is 0.911. The molecule has 1 fully saturated rings. The highest BCUT2D eigenvalue weighted by Gasteiger charge is 2.14. The lowest BCUT2D eigenvalue weighted by molar-refractivity contribution is 0.275. The van der Waals surface area contributed by atoms with E-state index >= 15 is 0 Å². The molecule has 0 spiro atoms. The van der Waals surface area contributed by atoms with Crippen LogP contribution in [0, 0.1) is 6.92 Å². The molecule has 1 aliphatic heterocycles. The summed E-state index contributed by atoms with van der Waals surface area (Å²) in [5, 5.41) is 3.42. The minimum absolute atomic E-state index is 0.535. The predicted molar refractivity (Wildman–Crippen MR) is 65.4 cm³/mol. The monoisotopic (exact) mass is 269 g/mol. The van der Waals surface area contributed by atoms with Crippen molar-refractivity contribution in [3.8, 4) is 5.75 Å². The molecule has 0 radical (unpaired) electrons. The van der Waals surface area contributed by atoms with E-state index in [1.165, 1.54) is 18.4 Å². The van der Waals surface area contributed by atoms with E-state index in [-0.39, 0.29) is 0 Å². The lowest BCUT2D eigenvalue weighted by Crippen LogP contribution is -2.28. The summed E-state index contributed by atoms with van der Waals surface area (Å²) >= 11 is 3.45. The Labute approximate surface area is 99.1 Å². The molecule has 15 heavy (non-hydrogen) atoms.